The molecule has 19 heavy (non-hydrogen) atoms. The smallest absolute Gasteiger partial charge is 0.268 e. The first kappa shape index (κ1) is 14.2. The van der Waals surface area contributed by atoms with E-state index < -0.39 is 0 Å². The van der Waals surface area contributed by atoms with Gasteiger partial charge in [0.1, 0.15) is 10.5 Å². The largest absolute Gasteiger partial charge is 0.394 e. The number of hydrogen-bond donors (Lipinski definition) is 3. The molecule has 0 aliphatic carbocycles. The van der Waals surface area contributed by atoms with Crippen LogP contribution in [0.2, 0.25) is 0 Å². The van der Waals surface area contributed by atoms with Gasteiger partial charge in [-0.1, -0.05) is 13.8 Å². The number of rotatable bonds is 6. The summed E-state index contributed by atoms with van der Waals surface area (Å²) < 4.78 is 0.656. The predicted octanol–water partition coefficient (Wildman–Crippen LogP) is 1.63. The first-order valence-electron chi connectivity index (χ1n) is 6.46. The Bertz CT molecular complexity index is 593. The van der Waals surface area contributed by atoms with Crippen LogP contribution >= 0.6 is 11.3 Å². The zero-order valence-corrected chi connectivity index (χ0v) is 12.0. The molecule has 0 amide bonds. The average molecular weight is 281 g/mol. The van der Waals surface area contributed by atoms with Crippen LogP contribution in [0.1, 0.15) is 32.5 Å². The van der Waals surface area contributed by atoms with Gasteiger partial charge in [-0.2, -0.15) is 0 Å². The van der Waals surface area contributed by atoms with Gasteiger partial charge in [0.05, 0.1) is 18.7 Å². The summed E-state index contributed by atoms with van der Waals surface area (Å²) in [6.45, 7) is 4.59. The van der Waals surface area contributed by atoms with Gasteiger partial charge in [-0.25, -0.2) is 4.98 Å². The van der Waals surface area contributed by atoms with Crippen LogP contribution in [0.5, 0.6) is 0 Å². The molecule has 0 radical (unpaired) electrons. The number of hydrogen-bond acceptors (Lipinski definition) is 5. The van der Waals surface area contributed by atoms with Crippen molar-refractivity contribution in [3.05, 3.63) is 27.6 Å². The third-order valence-corrected chi connectivity index (χ3v) is 4.55. The lowest BCUT2D eigenvalue weighted by Crippen LogP contribution is -2.47. The second kappa shape index (κ2) is 5.81. The summed E-state index contributed by atoms with van der Waals surface area (Å²) in [5.74, 6) is 0.607. The summed E-state index contributed by atoms with van der Waals surface area (Å²) >= 11 is 1.39. The minimum absolute atomic E-state index is 0.0743. The van der Waals surface area contributed by atoms with E-state index >= 15 is 0 Å². The monoisotopic (exact) mass is 281 g/mol. The molecule has 0 spiro atoms. The van der Waals surface area contributed by atoms with Crippen LogP contribution in [-0.4, -0.2) is 27.2 Å². The highest BCUT2D eigenvalue weighted by molar-refractivity contribution is 7.17. The second-order valence-electron chi connectivity index (χ2n) is 4.65. The normalized spacial score (nSPS) is 12.2. The predicted molar refractivity (Wildman–Crippen MR) is 77.5 cm³/mol. The van der Waals surface area contributed by atoms with Gasteiger partial charge >= 0.3 is 0 Å². The number of fused-ring (bicyclic) bond motifs is 1. The van der Waals surface area contributed by atoms with E-state index in [1.807, 2.05) is 25.3 Å². The van der Waals surface area contributed by atoms with Crippen molar-refractivity contribution in [3.8, 4) is 0 Å². The van der Waals surface area contributed by atoms with Crippen molar-refractivity contribution >= 4 is 21.6 Å². The van der Waals surface area contributed by atoms with E-state index in [4.69, 9.17) is 0 Å². The Kier molecular flexibility index (Phi) is 4.34. The van der Waals surface area contributed by atoms with Gasteiger partial charge in [0.15, 0.2) is 0 Å². The van der Waals surface area contributed by atoms with Crippen LogP contribution in [0.4, 0.5) is 0 Å². The van der Waals surface area contributed by atoms with Gasteiger partial charge in [-0.3, -0.25) is 4.79 Å². The third-order valence-electron chi connectivity index (χ3n) is 3.65. The van der Waals surface area contributed by atoms with Crippen LogP contribution < -0.4 is 10.9 Å². The molecule has 2 aromatic heterocycles. The fraction of sp³-hybridized carbons (Fsp3) is 0.538. The van der Waals surface area contributed by atoms with E-state index in [-0.39, 0.29) is 17.7 Å². The Morgan fingerprint density at radius 1 is 1.47 bits per heavy atom. The molecule has 0 bridgehead atoms. The molecule has 104 valence electrons. The molecule has 0 unspecified atom stereocenters. The molecule has 2 heterocycles. The number of nitrogens with one attached hydrogen (secondary N) is 2. The number of aliphatic hydroxyl groups excluding tert-OH is 1. The van der Waals surface area contributed by atoms with Crippen LogP contribution in [-0.2, 0) is 6.54 Å². The summed E-state index contributed by atoms with van der Waals surface area (Å²) in [5.41, 5.74) is 0.329. The number of H-pyrrole nitrogens is 1. The van der Waals surface area contributed by atoms with E-state index in [9.17, 15) is 9.90 Å². The summed E-state index contributed by atoms with van der Waals surface area (Å²) in [6.07, 6.45) is 1.65. The Morgan fingerprint density at radius 3 is 2.84 bits per heavy atom. The lowest BCUT2D eigenvalue weighted by Gasteiger charge is -2.30. The van der Waals surface area contributed by atoms with Crippen molar-refractivity contribution in [1.29, 1.82) is 0 Å². The highest BCUT2D eigenvalue weighted by atomic mass is 32.1. The molecule has 0 saturated carbocycles. The number of aliphatic hydroxyl groups is 1. The fourth-order valence-electron chi connectivity index (χ4n) is 2.06. The van der Waals surface area contributed by atoms with Gasteiger partial charge < -0.3 is 15.4 Å². The molecule has 0 fully saturated rings. The highest BCUT2D eigenvalue weighted by Crippen LogP contribution is 2.16. The summed E-state index contributed by atoms with van der Waals surface area (Å²) in [7, 11) is 0. The molecule has 0 atom stereocenters. The van der Waals surface area contributed by atoms with Crippen LogP contribution in [0, 0.1) is 0 Å². The van der Waals surface area contributed by atoms with E-state index in [2.05, 4.69) is 15.3 Å². The molecule has 2 rings (SSSR count). The Balaban J connectivity index is 2.19. The first-order chi connectivity index (χ1) is 9.14. The molecular weight excluding hydrogens is 262 g/mol. The zero-order valence-electron chi connectivity index (χ0n) is 11.2. The molecule has 2 aromatic rings. The molecule has 5 nitrogen and oxygen atoms in total. The number of aromatic amines is 1. The summed E-state index contributed by atoms with van der Waals surface area (Å²) in [6, 6.07) is 1.84. The lowest BCUT2D eigenvalue weighted by atomic mass is 9.94. The minimum atomic E-state index is -0.303. The van der Waals surface area contributed by atoms with Crippen molar-refractivity contribution in [2.45, 2.75) is 38.8 Å². The van der Waals surface area contributed by atoms with Gasteiger partial charge in [-0.15, -0.1) is 11.3 Å². The standard InChI is InChI=1S/C13H19N3O2S/c1-3-13(4-2,8-17)14-7-10-15-9-5-6-19-11(9)12(18)16-10/h5-6,14,17H,3-4,7-8H2,1-2H3,(H,15,16,18). The molecule has 3 N–H and O–H groups in total. The summed E-state index contributed by atoms with van der Waals surface area (Å²) in [4.78, 5) is 19.0. The van der Waals surface area contributed by atoms with Gasteiger partial charge in [-0.05, 0) is 24.3 Å². The minimum Gasteiger partial charge on any atom is -0.394 e. The molecule has 6 heteroatoms. The van der Waals surface area contributed by atoms with Crippen molar-refractivity contribution in [1.82, 2.24) is 15.3 Å². The topological polar surface area (TPSA) is 78.0 Å². The number of thiophene rings is 1. The quantitative estimate of drug-likeness (QED) is 0.752. The van der Waals surface area contributed by atoms with E-state index in [1.54, 1.807) is 0 Å². The molecular formula is C13H19N3O2S. The Hall–Kier alpha value is -1.24. The number of aromatic nitrogens is 2. The maximum Gasteiger partial charge on any atom is 0.268 e. The Labute approximate surface area is 115 Å². The van der Waals surface area contributed by atoms with Crippen LogP contribution in [0.25, 0.3) is 10.2 Å². The SMILES string of the molecule is CCC(CC)(CO)NCc1nc2ccsc2c(=O)[nH]1. The maximum absolute atomic E-state index is 11.8. The Morgan fingerprint density at radius 2 is 2.21 bits per heavy atom. The van der Waals surface area contributed by atoms with Crippen LogP contribution in [0.3, 0.4) is 0 Å². The summed E-state index contributed by atoms with van der Waals surface area (Å²) in [5, 5.41) is 14.7. The fourth-order valence-corrected chi connectivity index (χ4v) is 2.78. The van der Waals surface area contributed by atoms with E-state index in [0.29, 0.717) is 17.1 Å². The number of nitrogens with zero attached hydrogens (tertiary/aromatic N) is 1. The zero-order chi connectivity index (χ0) is 13.9. The molecule has 0 aliphatic heterocycles. The average Bonchev–Trinajstić information content (AvgIpc) is 2.90. The van der Waals surface area contributed by atoms with Crippen molar-refractivity contribution in [3.63, 3.8) is 0 Å². The lowest BCUT2D eigenvalue weighted by molar-refractivity contribution is 0.148. The first-order valence-corrected chi connectivity index (χ1v) is 7.34. The van der Waals surface area contributed by atoms with Crippen molar-refractivity contribution in [2.75, 3.05) is 6.61 Å². The molecule has 0 aromatic carbocycles. The van der Waals surface area contributed by atoms with E-state index in [1.165, 1.54) is 11.3 Å². The van der Waals surface area contributed by atoms with Crippen molar-refractivity contribution < 1.29 is 5.11 Å². The maximum atomic E-state index is 11.8. The van der Waals surface area contributed by atoms with Gasteiger partial charge in [0, 0.05) is 5.54 Å². The second-order valence-corrected chi connectivity index (χ2v) is 5.56. The van der Waals surface area contributed by atoms with Gasteiger partial charge in [0.25, 0.3) is 5.56 Å². The third kappa shape index (κ3) is 2.86. The van der Waals surface area contributed by atoms with E-state index in [0.717, 1.165) is 18.4 Å². The van der Waals surface area contributed by atoms with Crippen LogP contribution in [0.15, 0.2) is 16.2 Å². The molecule has 0 saturated heterocycles. The highest BCUT2D eigenvalue weighted by Gasteiger charge is 2.24. The van der Waals surface area contributed by atoms with Crippen molar-refractivity contribution in [2.24, 2.45) is 0 Å². The molecule has 0 aliphatic rings. The van der Waals surface area contributed by atoms with Gasteiger partial charge in [0.2, 0.25) is 0 Å².